The minimum Gasteiger partial charge on any atom is -0.292 e. The molecule has 1 aromatic heterocycles. The highest BCUT2D eigenvalue weighted by molar-refractivity contribution is 5.96. The summed E-state index contributed by atoms with van der Waals surface area (Å²) in [6, 6.07) is 4.02. The van der Waals surface area contributed by atoms with Crippen molar-refractivity contribution in [1.29, 1.82) is 0 Å². The van der Waals surface area contributed by atoms with Gasteiger partial charge in [-0.05, 0) is 43.7 Å². The van der Waals surface area contributed by atoms with E-state index in [4.69, 9.17) is 0 Å². The number of aryl methyl sites for hydroxylation is 2. The molecular formula is C13H15NO. The van der Waals surface area contributed by atoms with Crippen LogP contribution in [0.5, 0.6) is 0 Å². The molecule has 15 heavy (non-hydrogen) atoms. The molecule has 2 aliphatic carbocycles. The van der Waals surface area contributed by atoms with E-state index in [0.29, 0.717) is 5.69 Å². The Morgan fingerprint density at radius 3 is 2.80 bits per heavy atom. The van der Waals surface area contributed by atoms with Gasteiger partial charge in [0.25, 0.3) is 0 Å². The predicted molar refractivity (Wildman–Crippen MR) is 57.9 cm³/mol. The molecule has 0 atom stereocenters. The van der Waals surface area contributed by atoms with Gasteiger partial charge in [-0.1, -0.05) is 12.5 Å². The Labute approximate surface area is 89.7 Å². The van der Waals surface area contributed by atoms with E-state index in [1.807, 2.05) is 6.07 Å². The Hall–Kier alpha value is -1.18. The Kier molecular flexibility index (Phi) is 2.08. The summed E-state index contributed by atoms with van der Waals surface area (Å²) in [5.41, 5.74) is 3.22. The lowest BCUT2D eigenvalue weighted by molar-refractivity contribution is 0.0849. The summed E-state index contributed by atoms with van der Waals surface area (Å²) in [5.74, 6) is 0.549. The van der Waals surface area contributed by atoms with Crippen molar-refractivity contribution in [3.8, 4) is 0 Å². The second-order valence-corrected chi connectivity index (χ2v) is 4.65. The predicted octanol–water partition coefficient (Wildman–Crippen LogP) is 2.55. The molecule has 0 radical (unpaired) electrons. The van der Waals surface area contributed by atoms with Crippen molar-refractivity contribution in [2.75, 3.05) is 0 Å². The fraction of sp³-hybridized carbons (Fsp3) is 0.538. The molecule has 3 rings (SSSR count). The minimum absolute atomic E-state index is 0.274. The molecule has 0 bridgehead atoms. The highest BCUT2D eigenvalue weighted by atomic mass is 16.1. The van der Waals surface area contributed by atoms with Crippen LogP contribution in [0.4, 0.5) is 0 Å². The molecule has 1 aromatic rings. The van der Waals surface area contributed by atoms with Gasteiger partial charge in [-0.2, -0.15) is 0 Å². The fourth-order valence-corrected chi connectivity index (χ4v) is 2.44. The van der Waals surface area contributed by atoms with Crippen molar-refractivity contribution < 1.29 is 4.79 Å². The third kappa shape index (κ3) is 1.48. The van der Waals surface area contributed by atoms with Gasteiger partial charge in [0.15, 0.2) is 5.78 Å². The van der Waals surface area contributed by atoms with Crippen molar-refractivity contribution in [3.63, 3.8) is 0 Å². The highest BCUT2D eigenvalue weighted by Gasteiger charge is 2.27. The van der Waals surface area contributed by atoms with E-state index in [-0.39, 0.29) is 11.7 Å². The number of Topliss-reactive ketones (excluding diaryl/α,β-unsaturated/α-hetero) is 1. The number of pyridine rings is 1. The SMILES string of the molecule is O=C(c1ccc2c(n1)CCC2)C1CCC1. The van der Waals surface area contributed by atoms with Crippen molar-refractivity contribution >= 4 is 5.78 Å². The largest absolute Gasteiger partial charge is 0.292 e. The Morgan fingerprint density at radius 1 is 1.20 bits per heavy atom. The normalized spacial score (nSPS) is 19.7. The standard InChI is InChI=1S/C13H15NO/c15-13(10-4-1-5-10)12-8-7-9-3-2-6-11(9)14-12/h7-8,10H,1-6H2. The van der Waals surface area contributed by atoms with Crippen LogP contribution in [-0.2, 0) is 12.8 Å². The van der Waals surface area contributed by atoms with Gasteiger partial charge in [-0.15, -0.1) is 0 Å². The van der Waals surface area contributed by atoms with Crippen LogP contribution in [0, 0.1) is 5.92 Å². The number of hydrogen-bond acceptors (Lipinski definition) is 2. The van der Waals surface area contributed by atoms with E-state index >= 15 is 0 Å². The lowest BCUT2D eigenvalue weighted by Gasteiger charge is -2.23. The molecule has 2 heteroatoms. The average molecular weight is 201 g/mol. The van der Waals surface area contributed by atoms with Crippen molar-refractivity contribution in [2.45, 2.75) is 38.5 Å². The van der Waals surface area contributed by atoms with Gasteiger partial charge in [0.05, 0.1) is 0 Å². The van der Waals surface area contributed by atoms with Gasteiger partial charge >= 0.3 is 0 Å². The van der Waals surface area contributed by atoms with Gasteiger partial charge in [-0.25, -0.2) is 4.98 Å². The molecule has 0 N–H and O–H groups in total. The Morgan fingerprint density at radius 2 is 2.07 bits per heavy atom. The van der Waals surface area contributed by atoms with E-state index in [1.54, 1.807) is 0 Å². The summed E-state index contributed by atoms with van der Waals surface area (Å²) < 4.78 is 0. The molecule has 2 nitrogen and oxygen atoms in total. The Bertz CT molecular complexity index is 407. The summed E-state index contributed by atoms with van der Waals surface area (Å²) in [6.45, 7) is 0. The maximum absolute atomic E-state index is 12.0. The van der Waals surface area contributed by atoms with Crippen LogP contribution in [0.2, 0.25) is 0 Å². The molecule has 2 aliphatic rings. The summed E-state index contributed by atoms with van der Waals surface area (Å²) in [6.07, 6.45) is 6.74. The molecular weight excluding hydrogens is 186 g/mol. The van der Waals surface area contributed by atoms with Gasteiger partial charge < -0.3 is 0 Å². The molecule has 0 saturated heterocycles. The van der Waals surface area contributed by atoms with E-state index < -0.39 is 0 Å². The zero-order chi connectivity index (χ0) is 10.3. The monoisotopic (exact) mass is 201 g/mol. The van der Waals surface area contributed by atoms with Crippen molar-refractivity contribution in [3.05, 3.63) is 29.1 Å². The van der Waals surface area contributed by atoms with Crippen molar-refractivity contribution in [2.24, 2.45) is 5.92 Å². The second-order valence-electron chi connectivity index (χ2n) is 4.65. The average Bonchev–Trinajstić information content (AvgIpc) is 2.61. The molecule has 0 amide bonds. The number of nitrogens with zero attached hydrogens (tertiary/aromatic N) is 1. The lowest BCUT2D eigenvalue weighted by atomic mass is 9.81. The number of fused-ring (bicyclic) bond motifs is 1. The minimum atomic E-state index is 0.274. The highest BCUT2D eigenvalue weighted by Crippen LogP contribution is 2.30. The summed E-state index contributed by atoms with van der Waals surface area (Å²) in [4.78, 5) is 16.5. The van der Waals surface area contributed by atoms with Gasteiger partial charge in [0, 0.05) is 11.6 Å². The lowest BCUT2D eigenvalue weighted by Crippen LogP contribution is -2.23. The summed E-state index contributed by atoms with van der Waals surface area (Å²) in [5, 5.41) is 0. The number of rotatable bonds is 2. The third-order valence-corrected chi connectivity index (χ3v) is 3.66. The van der Waals surface area contributed by atoms with Crippen LogP contribution in [0.1, 0.15) is 47.4 Å². The number of carbonyl (C=O) groups excluding carboxylic acids is 1. The molecule has 0 spiro atoms. The molecule has 0 aromatic carbocycles. The summed E-state index contributed by atoms with van der Waals surface area (Å²) >= 11 is 0. The van der Waals surface area contributed by atoms with Crippen LogP contribution < -0.4 is 0 Å². The number of hydrogen-bond donors (Lipinski definition) is 0. The smallest absolute Gasteiger partial charge is 0.184 e. The zero-order valence-electron chi connectivity index (χ0n) is 8.83. The van der Waals surface area contributed by atoms with Gasteiger partial charge in [-0.3, -0.25) is 4.79 Å². The van der Waals surface area contributed by atoms with Crippen LogP contribution in [0.25, 0.3) is 0 Å². The van der Waals surface area contributed by atoms with Crippen LogP contribution in [0.3, 0.4) is 0 Å². The molecule has 0 unspecified atom stereocenters. The van der Waals surface area contributed by atoms with Crippen LogP contribution in [-0.4, -0.2) is 10.8 Å². The maximum Gasteiger partial charge on any atom is 0.184 e. The second kappa shape index (κ2) is 3.44. The molecule has 0 aliphatic heterocycles. The van der Waals surface area contributed by atoms with Gasteiger partial charge in [0.2, 0.25) is 0 Å². The number of aromatic nitrogens is 1. The van der Waals surface area contributed by atoms with Crippen molar-refractivity contribution in [1.82, 2.24) is 4.98 Å². The first-order valence-electron chi connectivity index (χ1n) is 5.87. The molecule has 1 fully saturated rings. The molecule has 1 saturated carbocycles. The number of carbonyl (C=O) groups is 1. The van der Waals surface area contributed by atoms with Gasteiger partial charge in [0.1, 0.15) is 5.69 Å². The first-order chi connectivity index (χ1) is 7.34. The van der Waals surface area contributed by atoms with E-state index in [0.717, 1.165) is 25.7 Å². The quantitative estimate of drug-likeness (QED) is 0.688. The van der Waals surface area contributed by atoms with E-state index in [9.17, 15) is 4.79 Å². The third-order valence-electron chi connectivity index (χ3n) is 3.66. The first kappa shape index (κ1) is 9.08. The number of ketones is 1. The van der Waals surface area contributed by atoms with Crippen LogP contribution >= 0.6 is 0 Å². The Balaban J connectivity index is 1.88. The zero-order valence-corrected chi connectivity index (χ0v) is 8.83. The van der Waals surface area contributed by atoms with E-state index in [2.05, 4.69) is 11.1 Å². The molecule has 78 valence electrons. The van der Waals surface area contributed by atoms with E-state index in [1.165, 1.54) is 24.1 Å². The fourth-order valence-electron chi connectivity index (χ4n) is 2.44. The molecule has 1 heterocycles. The first-order valence-corrected chi connectivity index (χ1v) is 5.87. The maximum atomic E-state index is 12.0. The van der Waals surface area contributed by atoms with Crippen LogP contribution in [0.15, 0.2) is 12.1 Å². The topological polar surface area (TPSA) is 30.0 Å². The summed E-state index contributed by atoms with van der Waals surface area (Å²) in [7, 11) is 0.